The molecule has 1 unspecified atom stereocenters. The number of benzene rings is 1. The van der Waals surface area contributed by atoms with Crippen molar-refractivity contribution in [2.45, 2.75) is 12.2 Å². The number of nitrogens with zero attached hydrogens (tertiary/aromatic N) is 2. The average molecular weight is 380 g/mol. The summed E-state index contributed by atoms with van der Waals surface area (Å²) in [6.07, 6.45) is -2.44. The van der Waals surface area contributed by atoms with E-state index in [2.05, 4.69) is 10.1 Å². The molecule has 1 atom stereocenters. The van der Waals surface area contributed by atoms with E-state index in [1.165, 1.54) is 42.3 Å². The molecule has 10 heteroatoms. The van der Waals surface area contributed by atoms with Gasteiger partial charge in [0.15, 0.2) is 6.04 Å². The molecule has 27 heavy (non-hydrogen) atoms. The summed E-state index contributed by atoms with van der Waals surface area (Å²) < 4.78 is 46.7. The van der Waals surface area contributed by atoms with Crippen molar-refractivity contribution in [3.8, 4) is 5.75 Å². The van der Waals surface area contributed by atoms with Crippen LogP contribution < -0.4 is 15.5 Å². The van der Waals surface area contributed by atoms with Gasteiger partial charge in [0.25, 0.3) is 5.91 Å². The molecule has 0 bridgehead atoms. The Labute approximate surface area is 150 Å². The number of hydrogen-bond donors (Lipinski definition) is 2. The number of carbonyl (C=O) groups excluding carboxylic acids is 1. The van der Waals surface area contributed by atoms with Crippen LogP contribution in [-0.4, -0.2) is 34.0 Å². The summed E-state index contributed by atoms with van der Waals surface area (Å²) in [7, 11) is 2.97. The first-order valence-electron chi connectivity index (χ1n) is 7.77. The molecule has 2 aromatic heterocycles. The van der Waals surface area contributed by atoms with Crippen LogP contribution in [0, 0.1) is 0 Å². The smallest absolute Gasteiger partial charge is 0.412 e. The van der Waals surface area contributed by atoms with Gasteiger partial charge in [-0.2, -0.15) is 18.3 Å². The summed E-state index contributed by atoms with van der Waals surface area (Å²) in [6.45, 7) is 0. The summed E-state index contributed by atoms with van der Waals surface area (Å²) in [5, 5.41) is 5.88. The molecule has 2 N–H and O–H groups in total. The lowest BCUT2D eigenvalue weighted by Gasteiger charge is -2.22. The fourth-order valence-corrected chi connectivity index (χ4v) is 2.65. The number of H-pyrrole nitrogens is 1. The van der Waals surface area contributed by atoms with Gasteiger partial charge in [0, 0.05) is 13.2 Å². The maximum atomic E-state index is 13.5. The molecule has 0 aliphatic carbocycles. The van der Waals surface area contributed by atoms with Crippen molar-refractivity contribution in [3.05, 3.63) is 58.0 Å². The summed E-state index contributed by atoms with van der Waals surface area (Å²) in [6, 6.07) is 2.83. The summed E-state index contributed by atoms with van der Waals surface area (Å²) in [5.41, 5.74) is -0.960. The van der Waals surface area contributed by atoms with Gasteiger partial charge in [-0.3, -0.25) is 14.3 Å². The van der Waals surface area contributed by atoms with Gasteiger partial charge in [-0.1, -0.05) is 12.1 Å². The lowest BCUT2D eigenvalue weighted by molar-refractivity contribution is -0.155. The van der Waals surface area contributed by atoms with Crippen LogP contribution in [0.2, 0.25) is 0 Å². The fourth-order valence-electron chi connectivity index (χ4n) is 2.65. The van der Waals surface area contributed by atoms with Gasteiger partial charge in [0.1, 0.15) is 17.0 Å². The predicted octanol–water partition coefficient (Wildman–Crippen LogP) is 2.30. The van der Waals surface area contributed by atoms with E-state index in [0.29, 0.717) is 11.4 Å². The molecular formula is C17H15F3N4O3. The molecule has 1 aromatic carbocycles. The largest absolute Gasteiger partial charge is 0.497 e. The number of rotatable bonds is 4. The van der Waals surface area contributed by atoms with E-state index in [-0.39, 0.29) is 10.9 Å². The van der Waals surface area contributed by atoms with Crippen LogP contribution in [-0.2, 0) is 7.05 Å². The topological polar surface area (TPSA) is 89.0 Å². The minimum absolute atomic E-state index is 0.109. The van der Waals surface area contributed by atoms with E-state index < -0.39 is 29.1 Å². The Bertz CT molecular complexity index is 1040. The lowest BCUT2D eigenvalue weighted by Crippen LogP contribution is -2.39. The molecule has 0 radical (unpaired) electrons. The molecule has 0 saturated heterocycles. The molecule has 7 nitrogen and oxygen atoms in total. The first-order chi connectivity index (χ1) is 12.7. The van der Waals surface area contributed by atoms with Crippen LogP contribution in [0.1, 0.15) is 22.0 Å². The van der Waals surface area contributed by atoms with Crippen LogP contribution in [0.5, 0.6) is 5.75 Å². The van der Waals surface area contributed by atoms with Crippen molar-refractivity contribution < 1.29 is 22.7 Å². The van der Waals surface area contributed by atoms with Crippen molar-refractivity contribution in [1.29, 1.82) is 0 Å². The quantitative estimate of drug-likeness (QED) is 0.727. The zero-order valence-corrected chi connectivity index (χ0v) is 14.3. The van der Waals surface area contributed by atoms with Gasteiger partial charge in [0.2, 0.25) is 5.43 Å². The fraction of sp³-hybridized carbons (Fsp3) is 0.235. The monoisotopic (exact) mass is 380 g/mol. The minimum atomic E-state index is -4.75. The molecule has 142 valence electrons. The Hall–Kier alpha value is -3.30. The number of pyridine rings is 1. The second-order valence-corrected chi connectivity index (χ2v) is 5.78. The van der Waals surface area contributed by atoms with E-state index in [0.717, 1.165) is 6.20 Å². The number of amides is 1. The normalized spacial score (nSPS) is 12.8. The first-order valence-corrected chi connectivity index (χ1v) is 7.77. The lowest BCUT2D eigenvalue weighted by atomic mass is 10.1. The van der Waals surface area contributed by atoms with E-state index in [1.807, 2.05) is 5.32 Å². The van der Waals surface area contributed by atoms with Gasteiger partial charge in [0.05, 0.1) is 18.7 Å². The first kappa shape index (κ1) is 18.5. The Balaban J connectivity index is 1.95. The van der Waals surface area contributed by atoms with Gasteiger partial charge in [-0.25, -0.2) is 0 Å². The SMILES string of the molecule is COc1ccc(C(NC(=O)c2c[nH]c3c(cnn3C)c2=O)C(F)(F)F)cc1. The van der Waals surface area contributed by atoms with E-state index in [1.54, 1.807) is 7.05 Å². The predicted molar refractivity (Wildman–Crippen MR) is 90.6 cm³/mol. The van der Waals surface area contributed by atoms with Crippen molar-refractivity contribution in [2.24, 2.45) is 7.05 Å². The van der Waals surface area contributed by atoms with E-state index >= 15 is 0 Å². The molecule has 2 heterocycles. The molecule has 0 aliphatic heterocycles. The number of halogens is 3. The van der Waals surface area contributed by atoms with Gasteiger partial charge in [-0.15, -0.1) is 0 Å². The average Bonchev–Trinajstić information content (AvgIpc) is 3.01. The number of methoxy groups -OCH3 is 1. The molecule has 0 saturated carbocycles. The third-order valence-electron chi connectivity index (χ3n) is 4.08. The molecule has 0 spiro atoms. The second-order valence-electron chi connectivity index (χ2n) is 5.78. The number of alkyl halides is 3. The minimum Gasteiger partial charge on any atom is -0.497 e. The number of aromatic nitrogens is 3. The third-order valence-corrected chi connectivity index (χ3v) is 4.08. The number of ether oxygens (including phenoxy) is 1. The van der Waals surface area contributed by atoms with Crippen molar-refractivity contribution in [2.75, 3.05) is 7.11 Å². The number of fused-ring (bicyclic) bond motifs is 1. The molecule has 3 rings (SSSR count). The number of hydrogen-bond acceptors (Lipinski definition) is 4. The summed E-state index contributed by atoms with van der Waals surface area (Å²) in [5.74, 6) is -0.760. The van der Waals surface area contributed by atoms with Gasteiger partial charge >= 0.3 is 6.18 Å². The Morgan fingerprint density at radius 2 is 1.96 bits per heavy atom. The number of carbonyl (C=O) groups is 1. The number of aryl methyl sites for hydroxylation is 1. The number of nitrogens with one attached hydrogen (secondary N) is 2. The highest BCUT2D eigenvalue weighted by Crippen LogP contribution is 2.33. The van der Waals surface area contributed by atoms with E-state index in [9.17, 15) is 22.8 Å². The Kier molecular flexibility index (Phi) is 4.64. The molecule has 3 aromatic rings. The molecule has 0 fully saturated rings. The Morgan fingerprint density at radius 1 is 1.30 bits per heavy atom. The van der Waals surface area contributed by atoms with Crippen LogP contribution in [0.25, 0.3) is 11.0 Å². The van der Waals surface area contributed by atoms with Crippen molar-refractivity contribution >= 4 is 16.9 Å². The number of aromatic amines is 1. The van der Waals surface area contributed by atoms with Crippen LogP contribution >= 0.6 is 0 Å². The van der Waals surface area contributed by atoms with Crippen LogP contribution in [0.15, 0.2) is 41.5 Å². The maximum Gasteiger partial charge on any atom is 0.412 e. The van der Waals surface area contributed by atoms with Crippen molar-refractivity contribution in [1.82, 2.24) is 20.1 Å². The Morgan fingerprint density at radius 3 is 2.56 bits per heavy atom. The third kappa shape index (κ3) is 3.50. The van der Waals surface area contributed by atoms with Crippen molar-refractivity contribution in [3.63, 3.8) is 0 Å². The van der Waals surface area contributed by atoms with Gasteiger partial charge in [-0.05, 0) is 17.7 Å². The zero-order valence-electron chi connectivity index (χ0n) is 14.3. The highest BCUT2D eigenvalue weighted by Gasteiger charge is 2.42. The second kappa shape index (κ2) is 6.78. The van der Waals surface area contributed by atoms with Crippen LogP contribution in [0.4, 0.5) is 13.2 Å². The standard InChI is InChI=1S/C17H15F3N4O3/c1-24-15-11(8-22-24)13(25)12(7-21-15)16(26)23-14(17(18,19)20)9-3-5-10(27-2)6-4-9/h3-8,14H,1-2H3,(H,21,25)(H,23,26). The maximum absolute atomic E-state index is 13.5. The zero-order chi connectivity index (χ0) is 19.8. The molecule has 1 amide bonds. The molecule has 0 aliphatic rings. The highest BCUT2D eigenvalue weighted by molar-refractivity contribution is 5.96. The van der Waals surface area contributed by atoms with E-state index in [4.69, 9.17) is 4.74 Å². The summed E-state index contributed by atoms with van der Waals surface area (Å²) >= 11 is 0. The van der Waals surface area contributed by atoms with Gasteiger partial charge < -0.3 is 15.0 Å². The summed E-state index contributed by atoms with van der Waals surface area (Å²) in [4.78, 5) is 27.5. The van der Waals surface area contributed by atoms with Crippen LogP contribution in [0.3, 0.4) is 0 Å². The molecular weight excluding hydrogens is 365 g/mol. The highest BCUT2D eigenvalue weighted by atomic mass is 19.4.